The minimum absolute atomic E-state index is 0.0135. The zero-order chi connectivity index (χ0) is 21.0. The minimum Gasteiger partial charge on any atom is -0.339 e. The van der Waals surface area contributed by atoms with Gasteiger partial charge in [-0.3, -0.25) is 14.4 Å². The summed E-state index contributed by atoms with van der Waals surface area (Å²) >= 11 is 0. The normalized spacial score (nSPS) is 14.4. The van der Waals surface area contributed by atoms with Crippen LogP contribution in [0.1, 0.15) is 35.7 Å². The van der Waals surface area contributed by atoms with Crippen molar-refractivity contribution in [2.24, 2.45) is 5.92 Å². The summed E-state index contributed by atoms with van der Waals surface area (Å²) in [4.78, 5) is 38.2. The van der Waals surface area contributed by atoms with Crippen LogP contribution in [0.5, 0.6) is 0 Å². The summed E-state index contributed by atoms with van der Waals surface area (Å²) in [5.41, 5.74) is 2.06. The number of anilines is 2. The number of rotatable bonds is 4. The summed E-state index contributed by atoms with van der Waals surface area (Å²) in [6.45, 7) is 4.21. The van der Waals surface area contributed by atoms with E-state index in [9.17, 15) is 18.8 Å². The predicted octanol–water partition coefficient (Wildman–Crippen LogP) is 3.58. The van der Waals surface area contributed by atoms with E-state index in [4.69, 9.17) is 0 Å². The topological polar surface area (TPSA) is 78.5 Å². The van der Waals surface area contributed by atoms with Crippen LogP contribution in [0, 0.1) is 18.7 Å². The molecule has 0 atom stereocenters. The molecule has 152 valence electrons. The highest BCUT2D eigenvalue weighted by molar-refractivity contribution is 5.97. The highest BCUT2D eigenvalue weighted by atomic mass is 19.1. The number of aryl methyl sites for hydroxylation is 1. The quantitative estimate of drug-likeness (QED) is 0.828. The molecule has 0 radical (unpaired) electrons. The highest BCUT2D eigenvalue weighted by Crippen LogP contribution is 2.24. The molecule has 29 heavy (non-hydrogen) atoms. The van der Waals surface area contributed by atoms with E-state index >= 15 is 0 Å². The molecule has 1 fully saturated rings. The van der Waals surface area contributed by atoms with Crippen LogP contribution in [0.25, 0.3) is 0 Å². The highest BCUT2D eigenvalue weighted by Gasteiger charge is 2.28. The van der Waals surface area contributed by atoms with Crippen LogP contribution in [0.15, 0.2) is 42.5 Å². The first-order valence-corrected chi connectivity index (χ1v) is 9.58. The number of carbonyl (C=O) groups excluding carboxylic acids is 3. The smallest absolute Gasteiger partial charge is 0.254 e. The van der Waals surface area contributed by atoms with Gasteiger partial charge < -0.3 is 15.5 Å². The van der Waals surface area contributed by atoms with E-state index in [0.717, 1.165) is 5.56 Å². The van der Waals surface area contributed by atoms with Crippen molar-refractivity contribution in [2.45, 2.75) is 26.7 Å². The van der Waals surface area contributed by atoms with Gasteiger partial charge in [0.2, 0.25) is 11.8 Å². The third-order valence-electron chi connectivity index (χ3n) is 5.07. The van der Waals surface area contributed by atoms with E-state index in [2.05, 4.69) is 10.6 Å². The zero-order valence-electron chi connectivity index (χ0n) is 16.5. The number of nitrogens with zero attached hydrogens (tertiary/aromatic N) is 1. The number of amides is 3. The number of nitrogens with one attached hydrogen (secondary N) is 2. The molecule has 1 heterocycles. The second-order valence-corrected chi connectivity index (χ2v) is 7.25. The van der Waals surface area contributed by atoms with Crippen molar-refractivity contribution < 1.29 is 18.8 Å². The molecule has 0 aliphatic carbocycles. The molecule has 1 aliphatic heterocycles. The van der Waals surface area contributed by atoms with Crippen molar-refractivity contribution in [1.82, 2.24) is 4.90 Å². The summed E-state index contributed by atoms with van der Waals surface area (Å²) < 4.78 is 13.7. The standard InChI is InChI=1S/C22H24FN3O3/c1-14-5-3-4-6-18(14)22(29)26-11-9-16(10-12-26)21(28)25-17-7-8-19(23)20(13-17)24-15(2)27/h3-8,13,16H,9-12H2,1-2H3,(H,24,27)(H,25,28). The molecule has 0 unspecified atom stereocenters. The van der Waals surface area contributed by atoms with Crippen molar-refractivity contribution in [3.8, 4) is 0 Å². The lowest BCUT2D eigenvalue weighted by Crippen LogP contribution is -2.41. The molecule has 3 amide bonds. The van der Waals surface area contributed by atoms with Crippen LogP contribution in [-0.2, 0) is 9.59 Å². The van der Waals surface area contributed by atoms with Crippen LogP contribution in [0.4, 0.5) is 15.8 Å². The summed E-state index contributed by atoms with van der Waals surface area (Å²) in [5.74, 6) is -1.38. The van der Waals surface area contributed by atoms with Crippen LogP contribution in [0.2, 0.25) is 0 Å². The molecule has 0 bridgehead atoms. The molecular weight excluding hydrogens is 373 g/mol. The lowest BCUT2D eigenvalue weighted by atomic mass is 9.95. The number of carbonyl (C=O) groups is 3. The Hall–Kier alpha value is -3.22. The van der Waals surface area contributed by atoms with Crippen molar-refractivity contribution in [3.63, 3.8) is 0 Å². The molecule has 6 nitrogen and oxygen atoms in total. The summed E-state index contributed by atoms with van der Waals surface area (Å²) in [5, 5.41) is 5.17. The van der Waals surface area contributed by atoms with Crippen molar-refractivity contribution in [2.75, 3.05) is 23.7 Å². The molecule has 0 aromatic heterocycles. The lowest BCUT2D eigenvalue weighted by molar-refractivity contribution is -0.121. The third kappa shape index (κ3) is 4.99. The summed E-state index contributed by atoms with van der Waals surface area (Å²) in [6, 6.07) is 11.5. The molecule has 7 heteroatoms. The van der Waals surface area contributed by atoms with E-state index in [1.165, 1.54) is 25.1 Å². The van der Waals surface area contributed by atoms with Crippen LogP contribution in [-0.4, -0.2) is 35.7 Å². The average Bonchev–Trinajstić information content (AvgIpc) is 2.70. The largest absolute Gasteiger partial charge is 0.339 e. The van der Waals surface area contributed by atoms with Gasteiger partial charge >= 0.3 is 0 Å². The van der Waals surface area contributed by atoms with Crippen LogP contribution < -0.4 is 10.6 Å². The average molecular weight is 397 g/mol. The second kappa shape index (κ2) is 8.86. The first kappa shape index (κ1) is 20.5. The Balaban J connectivity index is 1.58. The zero-order valence-corrected chi connectivity index (χ0v) is 16.5. The Morgan fingerprint density at radius 3 is 2.38 bits per heavy atom. The fourth-order valence-corrected chi connectivity index (χ4v) is 3.46. The maximum atomic E-state index is 13.7. The number of piperidine rings is 1. The number of hydrogen-bond acceptors (Lipinski definition) is 3. The van der Waals surface area contributed by atoms with Gasteiger partial charge in [-0.25, -0.2) is 4.39 Å². The minimum atomic E-state index is -0.568. The van der Waals surface area contributed by atoms with E-state index in [-0.39, 0.29) is 23.4 Å². The van der Waals surface area contributed by atoms with Gasteiger partial charge in [0.1, 0.15) is 5.82 Å². The van der Waals surface area contributed by atoms with Gasteiger partial charge in [0.05, 0.1) is 5.69 Å². The molecule has 1 aliphatic rings. The van der Waals surface area contributed by atoms with Gasteiger partial charge in [-0.1, -0.05) is 18.2 Å². The first-order chi connectivity index (χ1) is 13.8. The Kier molecular flexibility index (Phi) is 6.26. The van der Waals surface area contributed by atoms with Crippen molar-refractivity contribution in [3.05, 3.63) is 59.4 Å². The molecule has 2 N–H and O–H groups in total. The molecule has 0 spiro atoms. The van der Waals surface area contributed by atoms with E-state index in [0.29, 0.717) is 37.2 Å². The molecule has 2 aromatic carbocycles. The second-order valence-electron chi connectivity index (χ2n) is 7.25. The molecule has 1 saturated heterocycles. The fourth-order valence-electron chi connectivity index (χ4n) is 3.46. The summed E-state index contributed by atoms with van der Waals surface area (Å²) in [6.07, 6.45) is 1.12. The summed E-state index contributed by atoms with van der Waals surface area (Å²) in [7, 11) is 0. The Morgan fingerprint density at radius 2 is 1.72 bits per heavy atom. The first-order valence-electron chi connectivity index (χ1n) is 9.58. The maximum absolute atomic E-state index is 13.7. The monoisotopic (exact) mass is 397 g/mol. The maximum Gasteiger partial charge on any atom is 0.254 e. The predicted molar refractivity (Wildman–Crippen MR) is 109 cm³/mol. The molecule has 3 rings (SSSR count). The van der Waals surface area contributed by atoms with Crippen molar-refractivity contribution in [1.29, 1.82) is 0 Å². The van der Waals surface area contributed by atoms with Gasteiger partial charge in [-0.15, -0.1) is 0 Å². The third-order valence-corrected chi connectivity index (χ3v) is 5.07. The van der Waals surface area contributed by atoms with E-state index < -0.39 is 11.7 Å². The van der Waals surface area contributed by atoms with E-state index in [1.54, 1.807) is 4.90 Å². The van der Waals surface area contributed by atoms with Gasteiger partial charge in [-0.05, 0) is 49.6 Å². The fraction of sp³-hybridized carbons (Fsp3) is 0.318. The number of hydrogen-bond donors (Lipinski definition) is 2. The van der Waals surface area contributed by atoms with Crippen LogP contribution >= 0.6 is 0 Å². The SMILES string of the molecule is CC(=O)Nc1cc(NC(=O)C2CCN(C(=O)c3ccccc3C)CC2)ccc1F. The Bertz CT molecular complexity index is 937. The molecule has 2 aromatic rings. The van der Waals surface area contributed by atoms with E-state index in [1.807, 2.05) is 31.2 Å². The molecular formula is C22H24FN3O3. The Labute approximate surface area is 169 Å². The van der Waals surface area contributed by atoms with Gasteiger partial charge in [0.25, 0.3) is 5.91 Å². The van der Waals surface area contributed by atoms with Gasteiger partial charge in [0, 0.05) is 37.2 Å². The Morgan fingerprint density at radius 1 is 1.03 bits per heavy atom. The van der Waals surface area contributed by atoms with Gasteiger partial charge in [0.15, 0.2) is 0 Å². The number of likely N-dealkylation sites (tertiary alicyclic amines) is 1. The lowest BCUT2D eigenvalue weighted by Gasteiger charge is -2.31. The van der Waals surface area contributed by atoms with Crippen LogP contribution in [0.3, 0.4) is 0 Å². The van der Waals surface area contributed by atoms with Gasteiger partial charge in [-0.2, -0.15) is 0 Å². The number of benzene rings is 2. The van der Waals surface area contributed by atoms with Crippen molar-refractivity contribution >= 4 is 29.1 Å². The number of halogens is 1. The molecule has 0 saturated carbocycles.